The van der Waals surface area contributed by atoms with Gasteiger partial charge in [0.15, 0.2) is 0 Å². The number of nitrogens with zero attached hydrogens (tertiary/aromatic N) is 1. The van der Waals surface area contributed by atoms with Crippen LogP contribution in [0.3, 0.4) is 0 Å². The number of nitro groups is 1. The number of hydrogen-bond acceptors (Lipinski definition) is 4. The van der Waals surface area contributed by atoms with Crippen LogP contribution in [-0.2, 0) is 4.79 Å². The summed E-state index contributed by atoms with van der Waals surface area (Å²) in [5, 5.41) is 16.3. The standard InChI is InChI=1S/C16H15ClFN3O3/c17-11-3-8-15(14(18)10-11)20-16(22)2-1-9-19-12-4-6-13(7-5-12)21(23)24/h3-8,10,19H,1-2,9H2,(H,20,22). The first-order valence-corrected chi connectivity index (χ1v) is 7.57. The van der Waals surface area contributed by atoms with Crippen LogP contribution in [0.4, 0.5) is 21.5 Å². The topological polar surface area (TPSA) is 84.3 Å². The first-order chi connectivity index (χ1) is 11.5. The van der Waals surface area contributed by atoms with Crippen molar-refractivity contribution in [3.8, 4) is 0 Å². The molecular formula is C16H15ClFN3O3. The molecule has 24 heavy (non-hydrogen) atoms. The molecular weight excluding hydrogens is 337 g/mol. The maximum atomic E-state index is 13.6. The average molecular weight is 352 g/mol. The Kier molecular flexibility index (Phi) is 6.08. The maximum absolute atomic E-state index is 13.6. The van der Waals surface area contributed by atoms with Crippen LogP contribution in [0.1, 0.15) is 12.8 Å². The zero-order chi connectivity index (χ0) is 17.5. The Balaban J connectivity index is 1.73. The Morgan fingerprint density at radius 2 is 1.92 bits per heavy atom. The monoisotopic (exact) mass is 351 g/mol. The van der Waals surface area contributed by atoms with Gasteiger partial charge in [0.05, 0.1) is 10.6 Å². The van der Waals surface area contributed by atoms with Gasteiger partial charge in [-0.05, 0) is 36.8 Å². The zero-order valence-corrected chi connectivity index (χ0v) is 13.3. The third-order valence-electron chi connectivity index (χ3n) is 3.19. The normalized spacial score (nSPS) is 10.2. The van der Waals surface area contributed by atoms with Crippen molar-refractivity contribution in [2.24, 2.45) is 0 Å². The number of non-ortho nitro benzene ring substituents is 1. The highest BCUT2D eigenvalue weighted by Crippen LogP contribution is 2.19. The molecule has 0 heterocycles. The van der Waals surface area contributed by atoms with Gasteiger partial charge in [0.2, 0.25) is 5.91 Å². The fourth-order valence-electron chi connectivity index (χ4n) is 1.99. The molecule has 1 amide bonds. The molecule has 0 fully saturated rings. The quantitative estimate of drug-likeness (QED) is 0.444. The van der Waals surface area contributed by atoms with Crippen LogP contribution in [0.25, 0.3) is 0 Å². The van der Waals surface area contributed by atoms with Crippen LogP contribution in [0.15, 0.2) is 42.5 Å². The molecule has 0 aromatic heterocycles. The van der Waals surface area contributed by atoms with E-state index in [0.717, 1.165) is 11.8 Å². The average Bonchev–Trinajstić information content (AvgIpc) is 2.55. The van der Waals surface area contributed by atoms with E-state index in [1.54, 1.807) is 12.1 Å². The number of rotatable bonds is 7. The number of nitrogens with one attached hydrogen (secondary N) is 2. The van der Waals surface area contributed by atoms with Crippen LogP contribution in [0.5, 0.6) is 0 Å². The SMILES string of the molecule is O=C(CCCNc1ccc([N+](=O)[O-])cc1)Nc1ccc(Cl)cc1F. The molecule has 0 aliphatic rings. The van der Waals surface area contributed by atoms with Gasteiger partial charge < -0.3 is 10.6 Å². The summed E-state index contributed by atoms with van der Waals surface area (Å²) < 4.78 is 13.6. The van der Waals surface area contributed by atoms with Crippen LogP contribution in [0.2, 0.25) is 5.02 Å². The first kappa shape index (κ1) is 17.7. The number of benzene rings is 2. The van der Waals surface area contributed by atoms with Gasteiger partial charge in [-0.15, -0.1) is 0 Å². The zero-order valence-electron chi connectivity index (χ0n) is 12.6. The number of carbonyl (C=O) groups is 1. The summed E-state index contributed by atoms with van der Waals surface area (Å²) >= 11 is 5.64. The second kappa shape index (κ2) is 8.26. The van der Waals surface area contributed by atoms with Gasteiger partial charge in [0.25, 0.3) is 5.69 Å². The molecule has 2 rings (SSSR count). The number of hydrogen-bond donors (Lipinski definition) is 2. The molecule has 2 aromatic rings. The van der Waals surface area contributed by atoms with E-state index in [9.17, 15) is 19.3 Å². The van der Waals surface area contributed by atoms with Gasteiger partial charge in [0, 0.05) is 35.8 Å². The lowest BCUT2D eigenvalue weighted by Gasteiger charge is -2.08. The lowest BCUT2D eigenvalue weighted by molar-refractivity contribution is -0.384. The van der Waals surface area contributed by atoms with Crippen molar-refractivity contribution in [2.45, 2.75) is 12.8 Å². The Morgan fingerprint density at radius 3 is 2.54 bits per heavy atom. The summed E-state index contributed by atoms with van der Waals surface area (Å²) in [7, 11) is 0. The summed E-state index contributed by atoms with van der Waals surface area (Å²) in [6.07, 6.45) is 0.736. The molecule has 0 aliphatic heterocycles. The summed E-state index contributed by atoms with van der Waals surface area (Å²) in [4.78, 5) is 21.8. The van der Waals surface area contributed by atoms with Crippen LogP contribution in [-0.4, -0.2) is 17.4 Å². The maximum Gasteiger partial charge on any atom is 0.269 e. The summed E-state index contributed by atoms with van der Waals surface area (Å²) in [6.45, 7) is 0.508. The third-order valence-corrected chi connectivity index (χ3v) is 3.43. The van der Waals surface area contributed by atoms with Gasteiger partial charge >= 0.3 is 0 Å². The van der Waals surface area contributed by atoms with Gasteiger partial charge in [-0.2, -0.15) is 0 Å². The van der Waals surface area contributed by atoms with Crippen molar-refractivity contribution in [2.75, 3.05) is 17.2 Å². The highest BCUT2D eigenvalue weighted by molar-refractivity contribution is 6.30. The number of anilines is 2. The van der Waals surface area contributed by atoms with E-state index in [0.29, 0.717) is 13.0 Å². The van der Waals surface area contributed by atoms with E-state index in [1.807, 2.05) is 0 Å². The molecule has 0 spiro atoms. The highest BCUT2D eigenvalue weighted by atomic mass is 35.5. The van der Waals surface area contributed by atoms with Crippen LogP contribution < -0.4 is 10.6 Å². The first-order valence-electron chi connectivity index (χ1n) is 7.19. The second-order valence-corrected chi connectivity index (χ2v) is 5.44. The molecule has 6 nitrogen and oxygen atoms in total. The Labute approximate surface area is 142 Å². The van der Waals surface area contributed by atoms with Crippen LogP contribution >= 0.6 is 11.6 Å². The van der Waals surface area contributed by atoms with Crippen molar-refractivity contribution in [3.05, 3.63) is 63.4 Å². The van der Waals surface area contributed by atoms with Crippen LogP contribution in [0, 0.1) is 15.9 Å². The molecule has 0 saturated carbocycles. The minimum absolute atomic E-state index is 0.0184. The molecule has 0 aliphatic carbocycles. The smallest absolute Gasteiger partial charge is 0.269 e. The Bertz CT molecular complexity index is 738. The lowest BCUT2D eigenvalue weighted by Crippen LogP contribution is -2.14. The number of halogens is 2. The van der Waals surface area contributed by atoms with E-state index < -0.39 is 10.7 Å². The van der Waals surface area contributed by atoms with Gasteiger partial charge in [0.1, 0.15) is 5.82 Å². The predicted octanol–water partition coefficient (Wildman–Crippen LogP) is 4.22. The minimum atomic E-state index is -0.583. The molecule has 2 aromatic carbocycles. The van der Waals surface area contributed by atoms with Gasteiger partial charge in [-0.1, -0.05) is 11.6 Å². The molecule has 0 radical (unpaired) electrons. The molecule has 0 unspecified atom stereocenters. The van der Waals surface area contributed by atoms with Gasteiger partial charge in [-0.25, -0.2) is 4.39 Å². The lowest BCUT2D eigenvalue weighted by atomic mass is 10.2. The van der Waals surface area contributed by atoms with Crippen molar-refractivity contribution >= 4 is 34.6 Å². The molecule has 0 bridgehead atoms. The van der Waals surface area contributed by atoms with Crippen molar-refractivity contribution in [1.82, 2.24) is 0 Å². The summed E-state index contributed by atoms with van der Waals surface area (Å²) in [5.41, 5.74) is 0.836. The van der Waals surface area contributed by atoms with E-state index in [-0.39, 0.29) is 28.7 Å². The number of nitro benzene ring substituents is 1. The van der Waals surface area contributed by atoms with Crippen molar-refractivity contribution < 1.29 is 14.1 Å². The second-order valence-electron chi connectivity index (χ2n) is 5.01. The van der Waals surface area contributed by atoms with E-state index >= 15 is 0 Å². The minimum Gasteiger partial charge on any atom is -0.385 e. The molecule has 126 valence electrons. The van der Waals surface area contributed by atoms with Gasteiger partial charge in [-0.3, -0.25) is 14.9 Å². The number of amides is 1. The summed E-state index contributed by atoms with van der Waals surface area (Å²) in [6, 6.07) is 10.0. The van der Waals surface area contributed by atoms with E-state index in [1.165, 1.54) is 24.3 Å². The van der Waals surface area contributed by atoms with Crippen molar-refractivity contribution in [1.29, 1.82) is 0 Å². The highest BCUT2D eigenvalue weighted by Gasteiger charge is 2.07. The van der Waals surface area contributed by atoms with E-state index in [2.05, 4.69) is 10.6 Å². The predicted molar refractivity (Wildman–Crippen MR) is 90.9 cm³/mol. The molecule has 2 N–H and O–H groups in total. The molecule has 0 saturated heterocycles. The molecule has 8 heteroatoms. The molecule has 0 atom stereocenters. The van der Waals surface area contributed by atoms with Crippen molar-refractivity contribution in [3.63, 3.8) is 0 Å². The van der Waals surface area contributed by atoms with E-state index in [4.69, 9.17) is 11.6 Å². The Hall–Kier alpha value is -2.67. The summed E-state index contributed by atoms with van der Waals surface area (Å²) in [5.74, 6) is -0.887. The largest absolute Gasteiger partial charge is 0.385 e. The fourth-order valence-corrected chi connectivity index (χ4v) is 2.15. The third kappa shape index (κ3) is 5.20. The fraction of sp³-hybridized carbons (Fsp3) is 0.188. The Morgan fingerprint density at radius 1 is 1.21 bits per heavy atom. The number of carbonyl (C=O) groups excluding carboxylic acids is 1.